The molecule has 0 spiro atoms. The van der Waals surface area contributed by atoms with Crippen LogP contribution in [0.4, 0.5) is 0 Å². The summed E-state index contributed by atoms with van der Waals surface area (Å²) in [4.78, 5) is 26.2. The third-order valence-corrected chi connectivity index (χ3v) is 9.48. The molecular weight excluding hydrogens is 352 g/mol. The van der Waals surface area contributed by atoms with Gasteiger partial charge in [0.15, 0.2) is 0 Å². The normalized spacial score (nSPS) is 48.3. The third kappa shape index (κ3) is 2.42. The first kappa shape index (κ1) is 18.7. The number of carbonyl (C=O) groups excluding carboxylic acids is 2. The van der Waals surface area contributed by atoms with E-state index < -0.39 is 0 Å². The standard InChI is InChI=1S/C24H34O4/c1-5-17-12(2)18-11-19(17)21(22(25)27-4)20(18)23(26)28-24(3)15-7-13-6-14(9-15)10-16(24)8-13/h13-16,18-21H,5-11H2,1-4H3. The van der Waals surface area contributed by atoms with Crippen LogP contribution in [-0.2, 0) is 19.1 Å². The molecule has 4 nitrogen and oxygen atoms in total. The highest BCUT2D eigenvalue weighted by molar-refractivity contribution is 5.85. The van der Waals surface area contributed by atoms with Gasteiger partial charge < -0.3 is 9.47 Å². The van der Waals surface area contributed by atoms with Crippen LogP contribution in [-0.4, -0.2) is 24.6 Å². The van der Waals surface area contributed by atoms with Crippen molar-refractivity contribution in [2.24, 2.45) is 47.3 Å². The molecule has 5 saturated carbocycles. The van der Waals surface area contributed by atoms with E-state index in [1.165, 1.54) is 50.4 Å². The van der Waals surface area contributed by atoms with Crippen molar-refractivity contribution in [3.8, 4) is 0 Å². The predicted octanol–water partition coefficient (Wildman–Crippen LogP) is 4.53. The van der Waals surface area contributed by atoms with Gasteiger partial charge in [-0.05, 0) is 94.3 Å². The van der Waals surface area contributed by atoms with E-state index in [1.807, 2.05) is 0 Å². The number of carbonyl (C=O) groups is 2. The van der Waals surface area contributed by atoms with Crippen molar-refractivity contribution >= 4 is 11.9 Å². The minimum atomic E-state index is -0.360. The van der Waals surface area contributed by atoms with Crippen LogP contribution in [0.1, 0.15) is 65.7 Å². The van der Waals surface area contributed by atoms with Gasteiger partial charge in [0.1, 0.15) is 5.60 Å². The van der Waals surface area contributed by atoms with Crippen LogP contribution in [0.5, 0.6) is 0 Å². The van der Waals surface area contributed by atoms with E-state index in [-0.39, 0.29) is 41.2 Å². The number of methoxy groups -OCH3 is 1. The lowest BCUT2D eigenvalue weighted by Crippen LogP contribution is -2.58. The van der Waals surface area contributed by atoms with E-state index >= 15 is 0 Å². The van der Waals surface area contributed by atoms with Gasteiger partial charge >= 0.3 is 11.9 Å². The fraction of sp³-hybridized carbons (Fsp3) is 0.833. The Balaban J connectivity index is 1.42. The maximum atomic E-state index is 13.6. The SMILES string of the molecule is CCC1=C(C)C2CC1C(C(=O)OC)C2C(=O)OC1(C)C2CC3CC(C2)CC1C3. The quantitative estimate of drug-likeness (QED) is 0.526. The molecule has 4 atom stereocenters. The molecule has 0 amide bonds. The summed E-state index contributed by atoms with van der Waals surface area (Å²) in [7, 11) is 1.44. The number of fused-ring (bicyclic) bond motifs is 2. The molecule has 0 aromatic rings. The molecule has 0 aromatic carbocycles. The number of hydrogen-bond acceptors (Lipinski definition) is 4. The lowest BCUT2D eigenvalue weighted by Gasteiger charge is -2.59. The summed E-state index contributed by atoms with van der Waals surface area (Å²) in [5.41, 5.74) is 2.35. The Hall–Kier alpha value is -1.32. The molecular formula is C24H34O4. The summed E-state index contributed by atoms with van der Waals surface area (Å²) in [6.07, 6.45) is 8.10. The Morgan fingerprint density at radius 2 is 1.50 bits per heavy atom. The van der Waals surface area contributed by atoms with Crippen LogP contribution >= 0.6 is 0 Å². The average molecular weight is 387 g/mol. The monoisotopic (exact) mass is 386 g/mol. The van der Waals surface area contributed by atoms with Gasteiger partial charge in [0.05, 0.1) is 18.9 Å². The highest BCUT2D eigenvalue weighted by Crippen LogP contribution is 2.61. The molecule has 0 aliphatic heterocycles. The third-order valence-electron chi connectivity index (χ3n) is 9.48. The van der Waals surface area contributed by atoms with Crippen LogP contribution in [0.3, 0.4) is 0 Å². The molecule has 0 saturated heterocycles. The minimum Gasteiger partial charge on any atom is -0.469 e. The maximum absolute atomic E-state index is 13.6. The highest BCUT2D eigenvalue weighted by Gasteiger charge is 2.61. The first-order valence-corrected chi connectivity index (χ1v) is 11.4. The van der Waals surface area contributed by atoms with Gasteiger partial charge in [0, 0.05) is 0 Å². The second-order valence-electron chi connectivity index (χ2n) is 10.5. The molecule has 0 heterocycles. The molecule has 6 aliphatic carbocycles. The molecule has 154 valence electrons. The Morgan fingerprint density at radius 3 is 2.04 bits per heavy atom. The minimum absolute atomic E-state index is 0.132. The van der Waals surface area contributed by atoms with E-state index in [1.54, 1.807) is 0 Å². The smallest absolute Gasteiger partial charge is 0.311 e. The first-order chi connectivity index (χ1) is 13.4. The largest absolute Gasteiger partial charge is 0.469 e. The summed E-state index contributed by atoms with van der Waals surface area (Å²) in [5, 5.41) is 0. The zero-order chi connectivity index (χ0) is 19.8. The van der Waals surface area contributed by atoms with E-state index in [9.17, 15) is 9.59 Å². The molecule has 4 heteroatoms. The summed E-state index contributed by atoms with van der Waals surface area (Å²) in [5.74, 6) is 1.92. The van der Waals surface area contributed by atoms with Gasteiger partial charge in [0.2, 0.25) is 0 Å². The van der Waals surface area contributed by atoms with E-state index in [0.29, 0.717) is 11.8 Å². The van der Waals surface area contributed by atoms with Gasteiger partial charge in [-0.1, -0.05) is 18.1 Å². The molecule has 6 aliphatic rings. The summed E-state index contributed by atoms with van der Waals surface area (Å²) in [6, 6.07) is 0. The Bertz CT molecular complexity index is 707. The van der Waals surface area contributed by atoms with Crippen molar-refractivity contribution in [1.82, 2.24) is 0 Å². The van der Waals surface area contributed by atoms with E-state index in [0.717, 1.165) is 24.7 Å². The molecule has 6 rings (SSSR count). The number of rotatable bonds is 4. The van der Waals surface area contributed by atoms with Gasteiger partial charge in [-0.25, -0.2) is 0 Å². The molecule has 4 unspecified atom stereocenters. The van der Waals surface area contributed by atoms with Gasteiger partial charge in [-0.3, -0.25) is 9.59 Å². The number of allylic oxidation sites excluding steroid dienone is 2. The molecule has 0 N–H and O–H groups in total. The lowest BCUT2D eigenvalue weighted by atomic mass is 9.50. The average Bonchev–Trinajstić information content (AvgIpc) is 3.20. The van der Waals surface area contributed by atoms with Crippen LogP contribution in [0.25, 0.3) is 0 Å². The molecule has 6 bridgehead atoms. The lowest BCUT2D eigenvalue weighted by molar-refractivity contribution is -0.210. The Labute approximate surface area is 168 Å². The van der Waals surface area contributed by atoms with Crippen molar-refractivity contribution in [2.75, 3.05) is 7.11 Å². The zero-order valence-electron chi connectivity index (χ0n) is 17.7. The molecule has 0 radical (unpaired) electrons. The second-order valence-corrected chi connectivity index (χ2v) is 10.5. The fourth-order valence-electron chi connectivity index (χ4n) is 8.27. The van der Waals surface area contributed by atoms with Gasteiger partial charge in [-0.2, -0.15) is 0 Å². The van der Waals surface area contributed by atoms with Crippen molar-refractivity contribution < 1.29 is 19.1 Å². The van der Waals surface area contributed by atoms with Crippen molar-refractivity contribution in [1.29, 1.82) is 0 Å². The number of ether oxygens (including phenoxy) is 2. The highest BCUT2D eigenvalue weighted by atomic mass is 16.6. The molecule has 0 aromatic heterocycles. The second kappa shape index (κ2) is 6.34. The van der Waals surface area contributed by atoms with Crippen LogP contribution < -0.4 is 0 Å². The van der Waals surface area contributed by atoms with Gasteiger partial charge in [0.25, 0.3) is 0 Å². The van der Waals surface area contributed by atoms with Crippen LogP contribution in [0, 0.1) is 47.3 Å². The topological polar surface area (TPSA) is 52.6 Å². The van der Waals surface area contributed by atoms with E-state index in [2.05, 4.69) is 20.8 Å². The summed E-state index contributed by atoms with van der Waals surface area (Å²) < 4.78 is 11.6. The Morgan fingerprint density at radius 1 is 0.929 bits per heavy atom. The van der Waals surface area contributed by atoms with Gasteiger partial charge in [-0.15, -0.1) is 0 Å². The van der Waals surface area contributed by atoms with Crippen molar-refractivity contribution in [3.63, 3.8) is 0 Å². The zero-order valence-corrected chi connectivity index (χ0v) is 17.7. The molecule has 28 heavy (non-hydrogen) atoms. The summed E-state index contributed by atoms with van der Waals surface area (Å²) >= 11 is 0. The summed E-state index contributed by atoms with van der Waals surface area (Å²) in [6.45, 7) is 6.50. The van der Waals surface area contributed by atoms with Crippen molar-refractivity contribution in [3.05, 3.63) is 11.1 Å². The fourth-order valence-corrected chi connectivity index (χ4v) is 8.27. The maximum Gasteiger partial charge on any atom is 0.311 e. The van der Waals surface area contributed by atoms with Crippen molar-refractivity contribution in [2.45, 2.75) is 71.3 Å². The predicted molar refractivity (Wildman–Crippen MR) is 105 cm³/mol. The van der Waals surface area contributed by atoms with Crippen LogP contribution in [0.2, 0.25) is 0 Å². The first-order valence-electron chi connectivity index (χ1n) is 11.4. The number of hydrogen-bond donors (Lipinski definition) is 0. The molecule has 5 fully saturated rings. The number of esters is 2. The van der Waals surface area contributed by atoms with Crippen LogP contribution in [0.15, 0.2) is 11.1 Å². The Kier molecular flexibility index (Phi) is 4.23. The van der Waals surface area contributed by atoms with E-state index in [4.69, 9.17) is 9.47 Å².